The van der Waals surface area contributed by atoms with E-state index in [1.54, 1.807) is 12.5 Å². The van der Waals surface area contributed by atoms with E-state index in [2.05, 4.69) is 35.1 Å². The van der Waals surface area contributed by atoms with Gasteiger partial charge in [-0.3, -0.25) is 0 Å². The van der Waals surface area contributed by atoms with E-state index in [9.17, 15) is 0 Å². The second kappa shape index (κ2) is 5.21. The minimum atomic E-state index is 0.918. The van der Waals surface area contributed by atoms with Crippen molar-refractivity contribution in [3.05, 3.63) is 59.7 Å². The third-order valence-electron chi connectivity index (χ3n) is 2.37. The first-order valence-corrected chi connectivity index (χ1v) is 5.34. The zero-order valence-corrected chi connectivity index (χ0v) is 9.22. The molecule has 1 heterocycles. The minimum absolute atomic E-state index is 0.918. The average Bonchev–Trinajstić information content (AvgIpc) is 2.38. The highest BCUT2D eigenvalue weighted by molar-refractivity contribution is 5.69. The van der Waals surface area contributed by atoms with Crippen LogP contribution in [0.2, 0.25) is 0 Å². The van der Waals surface area contributed by atoms with Crippen LogP contribution in [0.15, 0.2) is 36.8 Å². The molecule has 79 valence electrons. The van der Waals surface area contributed by atoms with Crippen molar-refractivity contribution in [2.75, 3.05) is 0 Å². The largest absolute Gasteiger partial charge is 0.245 e. The molecule has 0 amide bonds. The van der Waals surface area contributed by atoms with Crippen LogP contribution < -0.4 is 0 Å². The molecule has 0 spiro atoms. The summed E-state index contributed by atoms with van der Waals surface area (Å²) >= 11 is 0. The molecule has 16 heavy (non-hydrogen) atoms. The summed E-state index contributed by atoms with van der Waals surface area (Å²) in [7, 11) is 0. The van der Waals surface area contributed by atoms with Gasteiger partial charge < -0.3 is 0 Å². The van der Waals surface area contributed by atoms with E-state index in [-0.39, 0.29) is 0 Å². The summed E-state index contributed by atoms with van der Waals surface area (Å²) in [4.78, 5) is 8.02. The van der Waals surface area contributed by atoms with E-state index in [0.717, 1.165) is 12.1 Å². The average molecular weight is 209 g/mol. The highest BCUT2D eigenvalue weighted by atomic mass is 14.8. The van der Waals surface area contributed by atoms with Crippen molar-refractivity contribution >= 4 is 12.2 Å². The predicted molar refractivity (Wildman–Crippen MR) is 65.6 cm³/mol. The first-order chi connectivity index (χ1) is 7.90. The molecule has 0 saturated carbocycles. The number of aryl methyl sites for hydroxylation is 1. The van der Waals surface area contributed by atoms with E-state index in [0.29, 0.717) is 0 Å². The summed E-state index contributed by atoms with van der Waals surface area (Å²) in [5, 5.41) is 0. The van der Waals surface area contributed by atoms with Crippen molar-refractivity contribution in [2.24, 2.45) is 0 Å². The Balaban J connectivity index is 2.24. The second-order valence-electron chi connectivity index (χ2n) is 3.43. The molecule has 2 heteroatoms. The van der Waals surface area contributed by atoms with E-state index in [1.165, 1.54) is 11.1 Å². The van der Waals surface area contributed by atoms with Gasteiger partial charge >= 0.3 is 0 Å². The van der Waals surface area contributed by atoms with Crippen molar-refractivity contribution < 1.29 is 0 Å². The summed E-state index contributed by atoms with van der Waals surface area (Å²) in [6.45, 7) is 2.13. The number of aromatic nitrogens is 2. The normalized spacial score (nSPS) is 10.8. The Morgan fingerprint density at radius 1 is 1.31 bits per heavy atom. The molecule has 0 saturated heterocycles. The van der Waals surface area contributed by atoms with Crippen LogP contribution in [0.4, 0.5) is 0 Å². The first kappa shape index (κ1) is 10.6. The molecule has 0 aliphatic heterocycles. The highest BCUT2D eigenvalue weighted by Gasteiger charge is 1.95. The van der Waals surface area contributed by atoms with Crippen molar-refractivity contribution in [1.29, 1.82) is 0 Å². The van der Waals surface area contributed by atoms with Crippen LogP contribution >= 0.6 is 0 Å². The standard InChI is InChI=1S/C14H13N2/c1-2-12-5-3-4-6-13(12)7-8-14-9-10-15-11-16-14/h3-4,6-11H,2H2,1H3. The predicted octanol–water partition coefficient (Wildman–Crippen LogP) is 3.01. The lowest BCUT2D eigenvalue weighted by Gasteiger charge is -2.00. The van der Waals surface area contributed by atoms with Crippen LogP contribution in [0.3, 0.4) is 0 Å². The molecule has 1 radical (unpaired) electrons. The SMILES string of the molecule is CCc1[c]cccc1C=Cc1ccncn1. The summed E-state index contributed by atoms with van der Waals surface area (Å²) in [6.07, 6.45) is 8.34. The third kappa shape index (κ3) is 2.54. The van der Waals surface area contributed by atoms with Gasteiger partial charge in [-0.05, 0) is 35.8 Å². The van der Waals surface area contributed by atoms with Crippen LogP contribution in [0.25, 0.3) is 12.2 Å². The topological polar surface area (TPSA) is 25.8 Å². The fraction of sp³-hybridized carbons (Fsp3) is 0.143. The van der Waals surface area contributed by atoms with Crippen molar-refractivity contribution in [2.45, 2.75) is 13.3 Å². The maximum absolute atomic E-state index is 4.14. The van der Waals surface area contributed by atoms with Gasteiger partial charge in [-0.15, -0.1) is 0 Å². The number of benzene rings is 1. The molecule has 0 bridgehead atoms. The van der Waals surface area contributed by atoms with Gasteiger partial charge in [0, 0.05) is 6.20 Å². The molecule has 0 unspecified atom stereocenters. The number of nitrogens with zero attached hydrogens (tertiary/aromatic N) is 2. The molecule has 0 aliphatic carbocycles. The number of rotatable bonds is 3. The zero-order chi connectivity index (χ0) is 11.2. The van der Waals surface area contributed by atoms with Crippen LogP contribution in [0.1, 0.15) is 23.7 Å². The molecule has 1 aromatic carbocycles. The van der Waals surface area contributed by atoms with Gasteiger partial charge in [-0.25, -0.2) is 9.97 Å². The lowest BCUT2D eigenvalue weighted by Crippen LogP contribution is -1.85. The molecular formula is C14H13N2. The quantitative estimate of drug-likeness (QED) is 0.776. The van der Waals surface area contributed by atoms with Crippen molar-refractivity contribution in [1.82, 2.24) is 9.97 Å². The molecule has 0 N–H and O–H groups in total. The Morgan fingerprint density at radius 2 is 2.25 bits per heavy atom. The van der Waals surface area contributed by atoms with Gasteiger partial charge in [0.25, 0.3) is 0 Å². The Bertz CT molecular complexity index is 475. The summed E-state index contributed by atoms with van der Waals surface area (Å²) in [6, 6.07) is 11.2. The molecule has 2 aromatic rings. The number of hydrogen-bond donors (Lipinski definition) is 0. The fourth-order valence-corrected chi connectivity index (χ4v) is 1.52. The Morgan fingerprint density at radius 3 is 3.00 bits per heavy atom. The monoisotopic (exact) mass is 209 g/mol. The van der Waals surface area contributed by atoms with E-state index < -0.39 is 0 Å². The molecule has 1 aromatic heterocycles. The number of hydrogen-bond acceptors (Lipinski definition) is 2. The van der Waals surface area contributed by atoms with Gasteiger partial charge in [-0.1, -0.05) is 31.2 Å². The van der Waals surface area contributed by atoms with Gasteiger partial charge in [0.05, 0.1) is 5.69 Å². The molecule has 2 rings (SSSR count). The Kier molecular flexibility index (Phi) is 3.44. The fourth-order valence-electron chi connectivity index (χ4n) is 1.52. The summed E-state index contributed by atoms with van der Waals surface area (Å²) in [5.41, 5.74) is 3.34. The molecule has 0 fully saturated rings. The molecule has 2 nitrogen and oxygen atoms in total. The van der Waals surface area contributed by atoms with Gasteiger partial charge in [-0.2, -0.15) is 0 Å². The smallest absolute Gasteiger partial charge is 0.115 e. The zero-order valence-electron chi connectivity index (χ0n) is 9.22. The minimum Gasteiger partial charge on any atom is -0.245 e. The second-order valence-corrected chi connectivity index (χ2v) is 3.43. The van der Waals surface area contributed by atoms with Crippen LogP contribution in [0, 0.1) is 6.07 Å². The Labute approximate surface area is 95.7 Å². The summed E-state index contributed by atoms with van der Waals surface area (Å²) < 4.78 is 0. The molecular weight excluding hydrogens is 196 g/mol. The van der Waals surface area contributed by atoms with Gasteiger partial charge in [0.15, 0.2) is 0 Å². The summed E-state index contributed by atoms with van der Waals surface area (Å²) in [5.74, 6) is 0. The van der Waals surface area contributed by atoms with Crippen LogP contribution in [-0.4, -0.2) is 9.97 Å². The lowest BCUT2D eigenvalue weighted by atomic mass is 10.0. The molecule has 0 atom stereocenters. The van der Waals surface area contributed by atoms with Crippen LogP contribution in [-0.2, 0) is 6.42 Å². The van der Waals surface area contributed by atoms with E-state index in [4.69, 9.17) is 0 Å². The third-order valence-corrected chi connectivity index (χ3v) is 2.37. The van der Waals surface area contributed by atoms with Crippen LogP contribution in [0.5, 0.6) is 0 Å². The highest BCUT2D eigenvalue weighted by Crippen LogP contribution is 2.12. The van der Waals surface area contributed by atoms with Crippen molar-refractivity contribution in [3.8, 4) is 0 Å². The van der Waals surface area contributed by atoms with E-state index >= 15 is 0 Å². The van der Waals surface area contributed by atoms with Crippen molar-refractivity contribution in [3.63, 3.8) is 0 Å². The lowest BCUT2D eigenvalue weighted by molar-refractivity contribution is 1.13. The van der Waals surface area contributed by atoms with Gasteiger partial charge in [0.2, 0.25) is 0 Å². The Hall–Kier alpha value is -1.96. The molecule has 0 aliphatic rings. The first-order valence-electron chi connectivity index (χ1n) is 5.34. The van der Waals surface area contributed by atoms with E-state index in [1.807, 2.05) is 24.3 Å². The van der Waals surface area contributed by atoms with Gasteiger partial charge in [0.1, 0.15) is 6.33 Å². The maximum atomic E-state index is 4.14. The maximum Gasteiger partial charge on any atom is 0.115 e.